The lowest BCUT2D eigenvalue weighted by atomic mass is 9.82. The maximum Gasteiger partial charge on any atom is 0.408 e. The van der Waals surface area contributed by atoms with Crippen molar-refractivity contribution in [2.75, 3.05) is 18.6 Å². The van der Waals surface area contributed by atoms with Crippen molar-refractivity contribution in [3.05, 3.63) is 71.8 Å². The molecule has 0 spiro atoms. The first-order valence-electron chi connectivity index (χ1n) is 14.2. The summed E-state index contributed by atoms with van der Waals surface area (Å²) in [6.45, 7) is 6.86. The monoisotopic (exact) mass is 612 g/mol. The number of aliphatic hydroxyl groups is 1. The van der Waals surface area contributed by atoms with Gasteiger partial charge in [-0.3, -0.25) is 14.5 Å². The van der Waals surface area contributed by atoms with E-state index in [0.29, 0.717) is 25.1 Å². The van der Waals surface area contributed by atoms with Crippen LogP contribution in [0.3, 0.4) is 0 Å². The Labute approximate surface area is 258 Å². The van der Waals surface area contributed by atoms with Crippen molar-refractivity contribution >= 4 is 29.7 Å². The molecule has 3 amide bonds. The second-order valence-corrected chi connectivity index (χ2v) is 12.5. The van der Waals surface area contributed by atoms with Crippen molar-refractivity contribution in [3.8, 4) is 0 Å². The zero-order valence-corrected chi connectivity index (χ0v) is 26.2. The van der Waals surface area contributed by atoms with Gasteiger partial charge in [0.05, 0.1) is 12.1 Å². The van der Waals surface area contributed by atoms with Crippen LogP contribution >= 0.6 is 11.8 Å². The number of aliphatic hydroxyl groups excluding tert-OH is 1. The molecule has 43 heavy (non-hydrogen) atoms. The van der Waals surface area contributed by atoms with Gasteiger partial charge < -0.3 is 26.2 Å². The summed E-state index contributed by atoms with van der Waals surface area (Å²) in [5, 5.41) is 29.2. The van der Waals surface area contributed by atoms with Gasteiger partial charge in [-0.15, -0.1) is 0 Å². The summed E-state index contributed by atoms with van der Waals surface area (Å²) < 4.78 is 5.33. The minimum Gasteiger partial charge on any atom is -0.445 e. The number of alkyl carbamates (subject to hydrolysis) is 1. The van der Waals surface area contributed by atoms with Crippen LogP contribution < -0.4 is 16.4 Å². The van der Waals surface area contributed by atoms with Gasteiger partial charge in [0.2, 0.25) is 11.8 Å². The summed E-state index contributed by atoms with van der Waals surface area (Å²) in [5.41, 5.74) is 6.37. The number of amides is 3. The SMILES string of the molecule is CSC[C@H](NC(=O)OCc1ccccc1)C(=O)N[C@@H](Cc1ccccc1)[C@H](O)C[C@@]1(C(N)=O)CCCN1C(C)(C)C.N#N. The second kappa shape index (κ2) is 16.8. The van der Waals surface area contributed by atoms with E-state index in [0.717, 1.165) is 17.5 Å². The van der Waals surface area contributed by atoms with E-state index < -0.39 is 41.6 Å². The minimum atomic E-state index is -1.07. The maximum atomic E-state index is 13.5. The minimum absolute atomic E-state index is 0.0785. The zero-order chi connectivity index (χ0) is 32.0. The smallest absolute Gasteiger partial charge is 0.408 e. The number of rotatable bonds is 13. The third kappa shape index (κ3) is 10.2. The highest BCUT2D eigenvalue weighted by molar-refractivity contribution is 7.98. The molecule has 11 nitrogen and oxygen atoms in total. The number of likely N-dealkylation sites (tertiary alicyclic amines) is 1. The van der Waals surface area contributed by atoms with Crippen LogP contribution in [-0.4, -0.2) is 75.7 Å². The van der Waals surface area contributed by atoms with Crippen molar-refractivity contribution in [1.82, 2.24) is 15.5 Å². The summed E-state index contributed by atoms with van der Waals surface area (Å²) in [6.07, 6.45) is 1.79. The fourth-order valence-electron chi connectivity index (χ4n) is 5.60. The van der Waals surface area contributed by atoms with Gasteiger partial charge in [0, 0.05) is 28.5 Å². The van der Waals surface area contributed by atoms with E-state index in [-0.39, 0.29) is 18.6 Å². The number of nitrogens with two attached hydrogens (primary N) is 1. The Kier molecular flexibility index (Phi) is 13.9. The third-order valence-corrected chi connectivity index (χ3v) is 8.22. The zero-order valence-electron chi connectivity index (χ0n) is 25.4. The number of ether oxygens (including phenoxy) is 1. The van der Waals surface area contributed by atoms with Crippen LogP contribution in [0.2, 0.25) is 0 Å². The number of primary amides is 1. The van der Waals surface area contributed by atoms with Crippen molar-refractivity contribution in [3.63, 3.8) is 0 Å². The van der Waals surface area contributed by atoms with E-state index in [1.54, 1.807) is 0 Å². The Balaban J connectivity index is 0.00000316. The highest BCUT2D eigenvalue weighted by Gasteiger charge is 2.51. The summed E-state index contributed by atoms with van der Waals surface area (Å²) in [6, 6.07) is 17.2. The van der Waals surface area contributed by atoms with Crippen molar-refractivity contribution in [2.24, 2.45) is 5.73 Å². The number of hydrogen-bond acceptors (Lipinski definition) is 9. The highest BCUT2D eigenvalue weighted by Crippen LogP contribution is 2.39. The topological polar surface area (TPSA) is 182 Å². The largest absolute Gasteiger partial charge is 0.445 e. The summed E-state index contributed by atoms with van der Waals surface area (Å²) in [5.74, 6) is -0.608. The molecule has 5 N–H and O–H groups in total. The van der Waals surface area contributed by atoms with Crippen LogP contribution in [0.5, 0.6) is 0 Å². The van der Waals surface area contributed by atoms with E-state index in [1.165, 1.54) is 11.8 Å². The van der Waals surface area contributed by atoms with Gasteiger partial charge in [0.1, 0.15) is 18.2 Å². The number of nitrogens with zero attached hydrogens (tertiary/aromatic N) is 3. The average molecular weight is 613 g/mol. The quantitative estimate of drug-likeness (QED) is 0.247. The molecule has 3 rings (SSSR count). The molecule has 0 aliphatic carbocycles. The highest BCUT2D eigenvalue weighted by atomic mass is 32.2. The van der Waals surface area contributed by atoms with E-state index in [4.69, 9.17) is 21.3 Å². The Morgan fingerprint density at radius 2 is 1.63 bits per heavy atom. The number of hydrogen-bond donors (Lipinski definition) is 4. The number of thioether (sulfide) groups is 1. The molecule has 2 aromatic rings. The first-order valence-corrected chi connectivity index (χ1v) is 15.6. The van der Waals surface area contributed by atoms with E-state index in [2.05, 4.69) is 15.5 Å². The lowest BCUT2D eigenvalue weighted by molar-refractivity contribution is -0.135. The molecule has 1 aliphatic rings. The van der Waals surface area contributed by atoms with Gasteiger partial charge in [-0.05, 0) is 64.0 Å². The van der Waals surface area contributed by atoms with E-state index >= 15 is 0 Å². The lowest BCUT2D eigenvalue weighted by Gasteiger charge is -2.46. The molecule has 12 heteroatoms. The Bertz CT molecular complexity index is 1190. The first kappa shape index (κ1) is 35.5. The molecule has 1 heterocycles. The van der Waals surface area contributed by atoms with Crippen LogP contribution in [0, 0.1) is 10.8 Å². The first-order chi connectivity index (χ1) is 20.5. The van der Waals surface area contributed by atoms with Crippen LogP contribution in [0.15, 0.2) is 60.7 Å². The molecular weight excluding hydrogens is 568 g/mol. The predicted octanol–water partition coefficient (Wildman–Crippen LogP) is 3.27. The lowest BCUT2D eigenvalue weighted by Crippen LogP contribution is -2.63. The fraction of sp³-hybridized carbons (Fsp3) is 0.516. The van der Waals surface area contributed by atoms with Gasteiger partial charge in [0.15, 0.2) is 0 Å². The van der Waals surface area contributed by atoms with Gasteiger partial charge in [0.25, 0.3) is 0 Å². The molecule has 0 saturated carbocycles. The second-order valence-electron chi connectivity index (χ2n) is 11.6. The molecule has 0 unspecified atom stereocenters. The van der Waals surface area contributed by atoms with Crippen LogP contribution in [0.4, 0.5) is 4.79 Å². The Hall–Kier alpha value is -3.66. The molecule has 0 radical (unpaired) electrons. The molecule has 4 atom stereocenters. The number of nitrogens with one attached hydrogen (secondary N) is 2. The molecular formula is C31H44N6O5S. The summed E-state index contributed by atoms with van der Waals surface area (Å²) >= 11 is 1.40. The standard InChI is InChI=1S/C31H44N4O5S.N2/c1-30(2,3)35-17-11-16-31(35,28(32)38)19-26(36)24(18-22-12-7-5-8-13-22)33-27(37)25(21-41-4)34-29(39)40-20-23-14-9-6-10-15-23;1-2/h5-10,12-15,24-26,36H,11,16-21H2,1-4H3,(H2,32,38)(H,33,37)(H,34,39);/t24-,25-,26+,31+;/m0./s1. The average Bonchev–Trinajstić information content (AvgIpc) is 3.43. The number of carbonyl (C=O) groups excluding carboxylic acids is 3. The van der Waals surface area contributed by atoms with Crippen LogP contribution in [0.25, 0.3) is 0 Å². The van der Waals surface area contributed by atoms with Gasteiger partial charge >= 0.3 is 6.09 Å². The summed E-state index contributed by atoms with van der Waals surface area (Å²) in [7, 11) is 0. The van der Waals surface area contributed by atoms with Gasteiger partial charge in [-0.2, -0.15) is 11.8 Å². The van der Waals surface area contributed by atoms with Gasteiger partial charge in [-0.1, -0.05) is 60.7 Å². The molecule has 1 fully saturated rings. The molecule has 0 bridgehead atoms. The maximum absolute atomic E-state index is 13.5. The Morgan fingerprint density at radius 3 is 2.16 bits per heavy atom. The van der Waals surface area contributed by atoms with Crippen molar-refractivity contribution in [1.29, 1.82) is 10.8 Å². The van der Waals surface area contributed by atoms with E-state index in [9.17, 15) is 19.5 Å². The normalized spacial score (nSPS) is 18.8. The fourth-order valence-corrected chi connectivity index (χ4v) is 6.17. The third-order valence-electron chi connectivity index (χ3n) is 7.55. The van der Waals surface area contributed by atoms with Crippen molar-refractivity contribution < 1.29 is 24.2 Å². The Morgan fingerprint density at radius 1 is 1.05 bits per heavy atom. The van der Waals surface area contributed by atoms with Gasteiger partial charge in [-0.25, -0.2) is 4.79 Å². The summed E-state index contributed by atoms with van der Waals surface area (Å²) in [4.78, 5) is 41.1. The number of carbonyl (C=O) groups is 3. The number of benzene rings is 2. The predicted molar refractivity (Wildman–Crippen MR) is 166 cm³/mol. The van der Waals surface area contributed by atoms with Crippen molar-refractivity contribution in [2.45, 2.75) is 82.3 Å². The van der Waals surface area contributed by atoms with E-state index in [1.807, 2.05) is 87.7 Å². The molecule has 1 aliphatic heterocycles. The molecule has 234 valence electrons. The molecule has 0 aromatic heterocycles. The molecule has 2 aromatic carbocycles. The molecule has 1 saturated heterocycles. The van der Waals surface area contributed by atoms with Crippen LogP contribution in [-0.2, 0) is 27.4 Å². The van der Waals surface area contributed by atoms with Crippen LogP contribution in [0.1, 0.15) is 51.2 Å².